The van der Waals surface area contributed by atoms with Crippen molar-refractivity contribution in [3.63, 3.8) is 0 Å². The van der Waals surface area contributed by atoms with Crippen molar-refractivity contribution in [2.45, 2.75) is 36.5 Å². The molecule has 0 heterocycles. The minimum atomic E-state index is -3.78. The molecule has 6 nitrogen and oxygen atoms in total. The number of rotatable bonds is 6. The summed E-state index contributed by atoms with van der Waals surface area (Å²) in [4.78, 5) is 0.0709. The summed E-state index contributed by atoms with van der Waals surface area (Å²) in [7, 11) is -7.16. The van der Waals surface area contributed by atoms with Crippen molar-refractivity contribution >= 4 is 19.9 Å². The summed E-state index contributed by atoms with van der Waals surface area (Å²) in [5.74, 6) is 0. The number of hydrogen-bond acceptors (Lipinski definition) is 5. The summed E-state index contributed by atoms with van der Waals surface area (Å²) in [6, 6.07) is 5.99. The maximum Gasteiger partial charge on any atom is 0.240 e. The second-order valence-corrected chi connectivity index (χ2v) is 10.1. The van der Waals surface area contributed by atoms with E-state index in [1.807, 2.05) is 0 Å². The molecule has 1 rings (SSSR count). The van der Waals surface area contributed by atoms with Crippen LogP contribution in [0.1, 0.15) is 32.4 Å². The third-order valence-corrected chi connectivity index (χ3v) is 6.94. The Morgan fingerprint density at radius 1 is 1.24 bits per heavy atom. The fourth-order valence-corrected chi connectivity index (χ4v) is 3.14. The van der Waals surface area contributed by atoms with Crippen LogP contribution in [0.5, 0.6) is 0 Å². The molecule has 0 saturated heterocycles. The molecule has 21 heavy (non-hydrogen) atoms. The van der Waals surface area contributed by atoms with Gasteiger partial charge in [-0.1, -0.05) is 12.1 Å². The van der Waals surface area contributed by atoms with E-state index in [0.29, 0.717) is 5.56 Å². The van der Waals surface area contributed by atoms with Crippen molar-refractivity contribution in [3.8, 4) is 0 Å². The van der Waals surface area contributed by atoms with E-state index < -0.39 is 24.6 Å². The summed E-state index contributed by atoms with van der Waals surface area (Å²) in [5.41, 5.74) is 6.43. The van der Waals surface area contributed by atoms with Gasteiger partial charge >= 0.3 is 0 Å². The van der Waals surface area contributed by atoms with Crippen LogP contribution in [0.25, 0.3) is 0 Å². The van der Waals surface area contributed by atoms with Crippen LogP contribution in [0.3, 0.4) is 0 Å². The summed E-state index contributed by atoms with van der Waals surface area (Å²) < 4.78 is 48.8. The van der Waals surface area contributed by atoms with Crippen molar-refractivity contribution in [1.82, 2.24) is 4.72 Å². The summed E-state index contributed by atoms with van der Waals surface area (Å²) in [5, 5.41) is 0. The summed E-state index contributed by atoms with van der Waals surface area (Å²) in [6.07, 6.45) is 1.08. The van der Waals surface area contributed by atoms with E-state index in [2.05, 4.69) is 4.72 Å². The first-order valence-electron chi connectivity index (χ1n) is 6.42. The van der Waals surface area contributed by atoms with Gasteiger partial charge in [0, 0.05) is 18.8 Å². The van der Waals surface area contributed by atoms with Crippen molar-refractivity contribution in [2.75, 3.05) is 12.8 Å². The topological polar surface area (TPSA) is 106 Å². The molecule has 120 valence electrons. The smallest absolute Gasteiger partial charge is 0.240 e. The maximum atomic E-state index is 12.2. The van der Waals surface area contributed by atoms with Crippen LogP contribution >= 0.6 is 0 Å². The SMILES string of the molecule is CC(N)c1cccc(S(=O)(=O)NCC(C)(C)S(C)(=O)=O)c1. The highest BCUT2D eigenvalue weighted by Crippen LogP contribution is 2.18. The molecule has 1 aromatic rings. The second-order valence-electron chi connectivity index (χ2n) is 5.72. The third kappa shape index (κ3) is 4.50. The van der Waals surface area contributed by atoms with Gasteiger partial charge in [0.2, 0.25) is 10.0 Å². The summed E-state index contributed by atoms with van der Waals surface area (Å²) in [6.45, 7) is 4.51. The van der Waals surface area contributed by atoms with E-state index in [1.54, 1.807) is 19.1 Å². The molecule has 0 fully saturated rings. The minimum absolute atomic E-state index is 0.0709. The molecule has 1 atom stereocenters. The molecule has 1 unspecified atom stereocenters. The van der Waals surface area contributed by atoms with Crippen LogP contribution in [0.4, 0.5) is 0 Å². The maximum absolute atomic E-state index is 12.2. The van der Waals surface area contributed by atoms with Gasteiger partial charge in [-0.15, -0.1) is 0 Å². The quantitative estimate of drug-likeness (QED) is 0.800. The van der Waals surface area contributed by atoms with E-state index in [4.69, 9.17) is 5.73 Å². The summed E-state index contributed by atoms with van der Waals surface area (Å²) >= 11 is 0. The Morgan fingerprint density at radius 3 is 2.29 bits per heavy atom. The minimum Gasteiger partial charge on any atom is -0.324 e. The molecule has 1 aromatic carbocycles. The Bertz CT molecular complexity index is 707. The van der Waals surface area contributed by atoms with Gasteiger partial charge in [0.15, 0.2) is 9.84 Å². The zero-order chi connectivity index (χ0) is 16.5. The molecule has 0 bridgehead atoms. The average Bonchev–Trinajstić information content (AvgIpc) is 2.35. The fraction of sp³-hybridized carbons (Fsp3) is 0.538. The van der Waals surface area contributed by atoms with E-state index in [-0.39, 0.29) is 17.5 Å². The van der Waals surface area contributed by atoms with Crippen molar-refractivity contribution < 1.29 is 16.8 Å². The van der Waals surface area contributed by atoms with Crippen LogP contribution in [0, 0.1) is 0 Å². The fourth-order valence-electron chi connectivity index (χ4n) is 1.45. The van der Waals surface area contributed by atoms with Gasteiger partial charge in [0.25, 0.3) is 0 Å². The Morgan fingerprint density at radius 2 is 1.81 bits per heavy atom. The molecular weight excluding hydrogens is 312 g/mol. The van der Waals surface area contributed by atoms with Crippen LogP contribution in [0.15, 0.2) is 29.2 Å². The van der Waals surface area contributed by atoms with Crippen molar-refractivity contribution in [2.24, 2.45) is 5.73 Å². The second kappa shape index (κ2) is 6.04. The Balaban J connectivity index is 3.01. The van der Waals surface area contributed by atoms with Gasteiger partial charge in [-0.2, -0.15) is 0 Å². The van der Waals surface area contributed by atoms with Gasteiger partial charge in [0.1, 0.15) is 0 Å². The molecule has 0 aliphatic rings. The molecular formula is C13H22N2O4S2. The molecule has 0 amide bonds. The highest BCUT2D eigenvalue weighted by Gasteiger charge is 2.31. The predicted octanol–water partition coefficient (Wildman–Crippen LogP) is 0.808. The zero-order valence-corrected chi connectivity index (χ0v) is 14.3. The zero-order valence-electron chi connectivity index (χ0n) is 12.6. The van der Waals surface area contributed by atoms with Crippen LogP contribution in [-0.4, -0.2) is 34.4 Å². The molecule has 0 aliphatic heterocycles. The lowest BCUT2D eigenvalue weighted by atomic mass is 10.1. The van der Waals surface area contributed by atoms with E-state index >= 15 is 0 Å². The number of sulfone groups is 1. The molecule has 0 spiro atoms. The van der Waals surface area contributed by atoms with Crippen molar-refractivity contribution in [3.05, 3.63) is 29.8 Å². The number of nitrogens with two attached hydrogens (primary N) is 1. The van der Waals surface area contributed by atoms with E-state index in [1.165, 1.54) is 26.0 Å². The number of hydrogen-bond donors (Lipinski definition) is 2. The number of nitrogens with one attached hydrogen (secondary N) is 1. The van der Waals surface area contributed by atoms with Gasteiger partial charge in [-0.25, -0.2) is 21.6 Å². The first-order valence-corrected chi connectivity index (χ1v) is 9.79. The monoisotopic (exact) mass is 334 g/mol. The molecule has 0 radical (unpaired) electrons. The van der Waals surface area contributed by atoms with Gasteiger partial charge < -0.3 is 5.73 Å². The number of benzene rings is 1. The van der Waals surface area contributed by atoms with Crippen molar-refractivity contribution in [1.29, 1.82) is 0 Å². The van der Waals surface area contributed by atoms with Gasteiger partial charge in [-0.3, -0.25) is 0 Å². The highest BCUT2D eigenvalue weighted by molar-refractivity contribution is 7.92. The molecule has 0 aromatic heterocycles. The molecule has 3 N–H and O–H groups in total. The molecule has 0 saturated carbocycles. The Kier molecular flexibility index (Phi) is 5.20. The van der Waals surface area contributed by atoms with Crippen LogP contribution in [0.2, 0.25) is 0 Å². The lowest BCUT2D eigenvalue weighted by Crippen LogP contribution is -2.43. The largest absolute Gasteiger partial charge is 0.324 e. The predicted molar refractivity (Wildman–Crippen MR) is 83.2 cm³/mol. The van der Waals surface area contributed by atoms with Crippen LogP contribution in [-0.2, 0) is 19.9 Å². The standard InChI is InChI=1S/C13H22N2O4S2/c1-10(14)11-6-5-7-12(8-11)21(18,19)15-9-13(2,3)20(4,16)17/h5-8,10,15H,9,14H2,1-4H3. The first-order chi connectivity index (χ1) is 9.37. The van der Waals surface area contributed by atoms with Gasteiger partial charge in [-0.05, 0) is 38.5 Å². The van der Waals surface area contributed by atoms with E-state index in [0.717, 1.165) is 6.26 Å². The first kappa shape index (κ1) is 18.1. The lowest BCUT2D eigenvalue weighted by Gasteiger charge is -2.22. The van der Waals surface area contributed by atoms with Gasteiger partial charge in [0.05, 0.1) is 9.64 Å². The van der Waals surface area contributed by atoms with Crippen LogP contribution < -0.4 is 10.5 Å². The Labute approximate surface area is 126 Å². The lowest BCUT2D eigenvalue weighted by molar-refractivity contribution is 0.537. The third-order valence-electron chi connectivity index (χ3n) is 3.39. The molecule has 8 heteroatoms. The Hall–Kier alpha value is -0.960. The normalized spacial score (nSPS) is 14.9. The molecule has 0 aliphatic carbocycles. The average molecular weight is 334 g/mol. The highest BCUT2D eigenvalue weighted by atomic mass is 32.2. The van der Waals surface area contributed by atoms with E-state index in [9.17, 15) is 16.8 Å². The number of sulfonamides is 1.